The molecule has 0 spiro atoms. The summed E-state index contributed by atoms with van der Waals surface area (Å²) < 4.78 is 123. The van der Waals surface area contributed by atoms with Crippen molar-refractivity contribution in [1.82, 2.24) is 0 Å². The van der Waals surface area contributed by atoms with Gasteiger partial charge in [-0.05, 0) is 53.9 Å². The fourth-order valence-electron chi connectivity index (χ4n) is 4.47. The molecule has 1 amide bonds. The first-order valence-corrected chi connectivity index (χ1v) is 14.4. The molecule has 0 saturated carbocycles. The van der Waals surface area contributed by atoms with Crippen molar-refractivity contribution in [2.75, 3.05) is 36.2 Å². The molecule has 0 aliphatic carbocycles. The summed E-state index contributed by atoms with van der Waals surface area (Å²) in [4.78, 5) is 14.1. The molecule has 226 valence electrons. The summed E-state index contributed by atoms with van der Waals surface area (Å²) >= 11 is 0. The van der Waals surface area contributed by atoms with E-state index < -0.39 is 33.4 Å². The summed E-state index contributed by atoms with van der Waals surface area (Å²) in [5, 5.41) is 2.72. The number of amides is 1. The molecule has 4 rings (SSSR count). The van der Waals surface area contributed by atoms with Crippen LogP contribution in [0.5, 0.6) is 5.75 Å². The molecule has 1 heterocycles. The zero-order chi connectivity index (χ0) is 30.9. The summed E-state index contributed by atoms with van der Waals surface area (Å²) in [6.45, 7) is 0.479. The highest BCUT2D eigenvalue weighted by molar-refractivity contribution is 7.90. The molecule has 1 aliphatic rings. The van der Waals surface area contributed by atoms with E-state index in [1.54, 1.807) is 36.4 Å². The van der Waals surface area contributed by atoms with Crippen LogP contribution in [-0.2, 0) is 33.1 Å². The first-order valence-electron chi connectivity index (χ1n) is 12.5. The largest absolute Gasteiger partial charge is 0.490 e. The summed E-state index contributed by atoms with van der Waals surface area (Å²) in [6.07, 6.45) is -11.0. The Labute approximate surface area is 237 Å². The number of carbonyl (C=O) groups is 1. The van der Waals surface area contributed by atoms with Crippen LogP contribution < -0.4 is 15.0 Å². The highest BCUT2D eigenvalue weighted by Gasteiger charge is 2.73. The van der Waals surface area contributed by atoms with Crippen LogP contribution in [-0.4, -0.2) is 52.6 Å². The van der Waals surface area contributed by atoms with Crippen molar-refractivity contribution >= 4 is 27.1 Å². The smallest absolute Gasteiger partial charge is 0.435 e. The predicted molar refractivity (Wildman–Crippen MR) is 141 cm³/mol. The second-order valence-corrected chi connectivity index (χ2v) is 11.8. The number of sulfone groups is 1. The van der Waals surface area contributed by atoms with Crippen LogP contribution in [0.3, 0.4) is 0 Å². The van der Waals surface area contributed by atoms with E-state index in [0.29, 0.717) is 29.8 Å². The van der Waals surface area contributed by atoms with Crippen molar-refractivity contribution in [2.45, 2.75) is 35.8 Å². The Morgan fingerprint density at radius 1 is 0.881 bits per heavy atom. The zero-order valence-electron chi connectivity index (χ0n) is 22.0. The Kier molecular flexibility index (Phi) is 8.50. The molecule has 14 heteroatoms. The molecule has 0 bridgehead atoms. The third kappa shape index (κ3) is 6.63. The van der Waals surface area contributed by atoms with E-state index in [9.17, 15) is 43.9 Å². The van der Waals surface area contributed by atoms with E-state index in [1.165, 1.54) is 17.0 Å². The Balaban J connectivity index is 1.41. The lowest BCUT2D eigenvalue weighted by atomic mass is 9.93. The average molecular weight is 619 g/mol. The van der Waals surface area contributed by atoms with E-state index in [0.717, 1.165) is 17.9 Å². The molecule has 0 fully saturated rings. The van der Waals surface area contributed by atoms with Crippen LogP contribution in [0.15, 0.2) is 71.6 Å². The second kappa shape index (κ2) is 11.5. The lowest BCUT2D eigenvalue weighted by molar-refractivity contribution is -0.348. The van der Waals surface area contributed by atoms with Gasteiger partial charge < -0.3 is 15.0 Å². The first kappa shape index (κ1) is 31.1. The van der Waals surface area contributed by atoms with Gasteiger partial charge in [0.2, 0.25) is 5.91 Å². The van der Waals surface area contributed by atoms with Crippen LogP contribution in [0, 0.1) is 0 Å². The second-order valence-electron chi connectivity index (χ2n) is 9.76. The number of alkyl halides is 7. The standard InChI is InChI=1S/C28H25F7N2O4S/c1-42(39,40)22-9-4-19(5-10-22)16-25(38)36-21-7-2-18(3-8-21)12-13-37-14-15-41-24-11-6-20(17-23(24)37)26(29,27(30,31)32)28(33,34)35/h2-11,17H,12-16H2,1H3,(H,36,38). The van der Waals surface area contributed by atoms with Gasteiger partial charge in [-0.1, -0.05) is 30.3 Å². The van der Waals surface area contributed by atoms with Gasteiger partial charge in [-0.3, -0.25) is 4.79 Å². The zero-order valence-corrected chi connectivity index (χ0v) is 22.8. The maximum atomic E-state index is 14.6. The van der Waals surface area contributed by atoms with Crippen LogP contribution in [0.2, 0.25) is 0 Å². The van der Waals surface area contributed by atoms with E-state index in [4.69, 9.17) is 4.74 Å². The molecule has 6 nitrogen and oxygen atoms in total. The quantitative estimate of drug-likeness (QED) is 0.314. The lowest BCUT2D eigenvalue weighted by Crippen LogP contribution is -2.50. The van der Waals surface area contributed by atoms with Crippen molar-refractivity contribution in [3.05, 3.63) is 83.4 Å². The summed E-state index contributed by atoms with van der Waals surface area (Å²) in [5.41, 5.74) is -5.35. The van der Waals surface area contributed by atoms with Crippen LogP contribution in [0.25, 0.3) is 0 Å². The number of nitrogens with one attached hydrogen (secondary N) is 1. The van der Waals surface area contributed by atoms with Crippen molar-refractivity contribution in [1.29, 1.82) is 0 Å². The third-order valence-electron chi connectivity index (χ3n) is 6.72. The minimum absolute atomic E-state index is 0.00701. The monoisotopic (exact) mass is 618 g/mol. The number of benzene rings is 3. The van der Waals surface area contributed by atoms with E-state index in [2.05, 4.69) is 5.32 Å². The topological polar surface area (TPSA) is 75.7 Å². The van der Waals surface area contributed by atoms with Crippen LogP contribution >= 0.6 is 0 Å². The van der Waals surface area contributed by atoms with Gasteiger partial charge in [0.15, 0.2) is 9.84 Å². The number of carbonyl (C=O) groups excluding carboxylic acids is 1. The van der Waals surface area contributed by atoms with Gasteiger partial charge in [-0.2, -0.15) is 26.3 Å². The van der Waals surface area contributed by atoms with Crippen LogP contribution in [0.1, 0.15) is 16.7 Å². The molecule has 0 saturated heterocycles. The molecule has 1 N–H and O–H groups in total. The van der Waals surface area contributed by atoms with E-state index >= 15 is 0 Å². The fourth-order valence-corrected chi connectivity index (χ4v) is 5.10. The number of anilines is 2. The fraction of sp³-hybridized carbons (Fsp3) is 0.321. The van der Waals surface area contributed by atoms with Gasteiger partial charge in [0.25, 0.3) is 0 Å². The lowest BCUT2D eigenvalue weighted by Gasteiger charge is -2.34. The van der Waals surface area contributed by atoms with Gasteiger partial charge in [-0.15, -0.1) is 0 Å². The number of ether oxygens (including phenoxy) is 1. The summed E-state index contributed by atoms with van der Waals surface area (Å²) in [5.74, 6) is -0.294. The van der Waals surface area contributed by atoms with Crippen molar-refractivity contribution in [2.24, 2.45) is 0 Å². The number of rotatable bonds is 8. The van der Waals surface area contributed by atoms with Gasteiger partial charge in [-0.25, -0.2) is 12.8 Å². The van der Waals surface area contributed by atoms with Gasteiger partial charge in [0.05, 0.1) is 23.5 Å². The Hall–Kier alpha value is -3.81. The molecular weight excluding hydrogens is 593 g/mol. The number of hydrogen-bond acceptors (Lipinski definition) is 5. The number of halogens is 7. The summed E-state index contributed by atoms with van der Waals surface area (Å²) in [6, 6.07) is 14.5. The average Bonchev–Trinajstić information content (AvgIpc) is 2.90. The molecule has 3 aromatic rings. The van der Waals surface area contributed by atoms with Gasteiger partial charge in [0.1, 0.15) is 12.4 Å². The number of hydrogen-bond donors (Lipinski definition) is 1. The Morgan fingerprint density at radius 3 is 2.05 bits per heavy atom. The predicted octanol–water partition coefficient (Wildman–Crippen LogP) is 6.00. The molecule has 3 aromatic carbocycles. The maximum absolute atomic E-state index is 14.6. The summed E-state index contributed by atoms with van der Waals surface area (Å²) in [7, 11) is -3.35. The van der Waals surface area contributed by atoms with Crippen molar-refractivity contribution < 1.29 is 48.7 Å². The highest BCUT2D eigenvalue weighted by Crippen LogP contribution is 2.54. The molecular formula is C28H25F7N2O4S. The third-order valence-corrected chi connectivity index (χ3v) is 7.85. The van der Waals surface area contributed by atoms with Gasteiger partial charge in [0, 0.05) is 24.1 Å². The van der Waals surface area contributed by atoms with E-state index in [-0.39, 0.29) is 48.4 Å². The molecule has 0 atom stereocenters. The Morgan fingerprint density at radius 2 is 1.48 bits per heavy atom. The van der Waals surface area contributed by atoms with Gasteiger partial charge >= 0.3 is 18.0 Å². The number of fused-ring (bicyclic) bond motifs is 1. The highest BCUT2D eigenvalue weighted by atomic mass is 32.2. The normalized spacial score (nSPS) is 14.2. The van der Waals surface area contributed by atoms with Crippen LogP contribution in [0.4, 0.5) is 42.1 Å². The molecule has 0 unspecified atom stereocenters. The molecule has 1 aliphatic heterocycles. The number of nitrogens with zero attached hydrogens (tertiary/aromatic N) is 1. The SMILES string of the molecule is CS(=O)(=O)c1ccc(CC(=O)Nc2ccc(CCN3CCOc4ccc(C(F)(C(F)(F)F)C(F)(F)F)cc43)cc2)cc1. The van der Waals surface area contributed by atoms with Crippen molar-refractivity contribution in [3.8, 4) is 5.75 Å². The molecule has 0 aromatic heterocycles. The first-order chi connectivity index (χ1) is 19.5. The maximum Gasteiger partial charge on any atom is 0.435 e. The molecule has 0 radical (unpaired) electrons. The van der Waals surface area contributed by atoms with E-state index in [1.807, 2.05) is 0 Å². The van der Waals surface area contributed by atoms with Crippen molar-refractivity contribution in [3.63, 3.8) is 0 Å². The Bertz CT molecular complexity index is 1520. The minimum atomic E-state index is -6.22. The molecule has 42 heavy (non-hydrogen) atoms. The minimum Gasteiger partial charge on any atom is -0.490 e.